The molecule has 7 nitrogen and oxygen atoms in total. The smallest absolute Gasteiger partial charge is 0.323 e. The number of hydrogen-bond acceptors (Lipinski definition) is 5. The number of rotatable bonds is 6. The van der Waals surface area contributed by atoms with Crippen LogP contribution in [0.3, 0.4) is 0 Å². The van der Waals surface area contributed by atoms with E-state index in [-0.39, 0.29) is 6.54 Å². The first-order valence-corrected chi connectivity index (χ1v) is 7.41. The number of carboxylic acids is 1. The summed E-state index contributed by atoms with van der Waals surface area (Å²) in [6.45, 7) is 2.51. The Morgan fingerprint density at radius 1 is 1.26 bits per heavy atom. The summed E-state index contributed by atoms with van der Waals surface area (Å²) in [6, 6.07) is 9.67. The zero-order valence-electron chi connectivity index (χ0n) is 12.8. The van der Waals surface area contributed by atoms with Gasteiger partial charge in [-0.05, 0) is 18.6 Å². The topological polar surface area (TPSA) is 84.1 Å². The number of benzene rings is 1. The Hall–Kier alpha value is -2.96. The third-order valence-corrected chi connectivity index (χ3v) is 3.46. The van der Waals surface area contributed by atoms with E-state index in [0.29, 0.717) is 18.0 Å². The number of aliphatic carboxylic acids is 1. The molecule has 1 aromatic carbocycles. The first-order valence-electron chi connectivity index (χ1n) is 7.41. The summed E-state index contributed by atoms with van der Waals surface area (Å²) in [4.78, 5) is 21.5. The second-order valence-electron chi connectivity index (χ2n) is 5.14. The van der Waals surface area contributed by atoms with Crippen LogP contribution in [0.25, 0.3) is 16.7 Å². The maximum atomic E-state index is 11.1. The van der Waals surface area contributed by atoms with Crippen LogP contribution < -0.4 is 4.90 Å². The van der Waals surface area contributed by atoms with Crippen molar-refractivity contribution in [3.05, 3.63) is 42.9 Å². The zero-order chi connectivity index (χ0) is 16.2. The number of fused-ring (bicyclic) bond motifs is 1. The molecule has 0 saturated carbocycles. The van der Waals surface area contributed by atoms with Crippen molar-refractivity contribution >= 4 is 22.8 Å². The lowest BCUT2D eigenvalue weighted by Crippen LogP contribution is -2.31. The van der Waals surface area contributed by atoms with Crippen LogP contribution in [0.5, 0.6) is 0 Å². The number of nitrogens with zero attached hydrogens (tertiary/aromatic N) is 5. The summed E-state index contributed by atoms with van der Waals surface area (Å²) >= 11 is 0. The van der Waals surface area contributed by atoms with Crippen LogP contribution in [-0.2, 0) is 4.79 Å². The second kappa shape index (κ2) is 6.43. The molecule has 0 radical (unpaired) electrons. The normalized spacial score (nSPS) is 10.8. The third kappa shape index (κ3) is 2.98. The van der Waals surface area contributed by atoms with E-state index in [4.69, 9.17) is 5.11 Å². The fourth-order valence-corrected chi connectivity index (χ4v) is 2.53. The molecule has 0 atom stereocenters. The van der Waals surface area contributed by atoms with Gasteiger partial charge in [0, 0.05) is 6.54 Å². The monoisotopic (exact) mass is 311 g/mol. The molecule has 0 bridgehead atoms. The summed E-state index contributed by atoms with van der Waals surface area (Å²) < 4.78 is 1.73. The van der Waals surface area contributed by atoms with Crippen molar-refractivity contribution in [2.75, 3.05) is 18.0 Å². The van der Waals surface area contributed by atoms with Crippen molar-refractivity contribution in [3.63, 3.8) is 0 Å². The SMILES string of the molecule is CCCN(CC(=O)O)c1ncnc2c1cnn2-c1ccccc1. The highest BCUT2D eigenvalue weighted by atomic mass is 16.4. The summed E-state index contributed by atoms with van der Waals surface area (Å²) in [5, 5.41) is 14.3. The van der Waals surface area contributed by atoms with E-state index in [1.807, 2.05) is 37.3 Å². The molecule has 0 aliphatic carbocycles. The van der Waals surface area contributed by atoms with Crippen molar-refractivity contribution in [1.29, 1.82) is 0 Å². The third-order valence-electron chi connectivity index (χ3n) is 3.46. The molecule has 0 aliphatic heterocycles. The molecule has 3 aromatic rings. The zero-order valence-corrected chi connectivity index (χ0v) is 12.8. The van der Waals surface area contributed by atoms with E-state index < -0.39 is 5.97 Å². The van der Waals surface area contributed by atoms with Crippen LogP contribution in [0.4, 0.5) is 5.82 Å². The average molecular weight is 311 g/mol. The lowest BCUT2D eigenvalue weighted by molar-refractivity contribution is -0.135. The van der Waals surface area contributed by atoms with Gasteiger partial charge in [0.25, 0.3) is 0 Å². The van der Waals surface area contributed by atoms with Gasteiger partial charge in [0.1, 0.15) is 18.7 Å². The van der Waals surface area contributed by atoms with Gasteiger partial charge in [-0.15, -0.1) is 0 Å². The van der Waals surface area contributed by atoms with Gasteiger partial charge in [0.15, 0.2) is 5.65 Å². The van der Waals surface area contributed by atoms with E-state index in [1.165, 1.54) is 6.33 Å². The van der Waals surface area contributed by atoms with Gasteiger partial charge in [-0.25, -0.2) is 14.6 Å². The van der Waals surface area contributed by atoms with E-state index in [1.54, 1.807) is 15.8 Å². The minimum atomic E-state index is -0.888. The summed E-state index contributed by atoms with van der Waals surface area (Å²) in [6.07, 6.45) is 3.96. The van der Waals surface area contributed by atoms with Gasteiger partial charge in [0.2, 0.25) is 0 Å². The van der Waals surface area contributed by atoms with Gasteiger partial charge in [0.05, 0.1) is 17.3 Å². The highest BCUT2D eigenvalue weighted by Gasteiger charge is 2.17. The molecule has 23 heavy (non-hydrogen) atoms. The van der Waals surface area contributed by atoms with Crippen molar-refractivity contribution in [1.82, 2.24) is 19.7 Å². The van der Waals surface area contributed by atoms with Crippen molar-refractivity contribution in [2.45, 2.75) is 13.3 Å². The van der Waals surface area contributed by atoms with Crippen LogP contribution in [0, 0.1) is 0 Å². The molecule has 118 valence electrons. The second-order valence-corrected chi connectivity index (χ2v) is 5.14. The van der Waals surface area contributed by atoms with E-state index in [9.17, 15) is 4.79 Å². The molecule has 0 amide bonds. The van der Waals surface area contributed by atoms with Crippen molar-refractivity contribution in [3.8, 4) is 5.69 Å². The Morgan fingerprint density at radius 3 is 2.74 bits per heavy atom. The molecule has 3 rings (SSSR count). The molecule has 0 unspecified atom stereocenters. The van der Waals surface area contributed by atoms with Gasteiger partial charge >= 0.3 is 5.97 Å². The minimum absolute atomic E-state index is 0.101. The van der Waals surface area contributed by atoms with Crippen LogP contribution in [0.2, 0.25) is 0 Å². The molecule has 2 aromatic heterocycles. The Morgan fingerprint density at radius 2 is 2.04 bits per heavy atom. The van der Waals surface area contributed by atoms with Gasteiger partial charge in [-0.1, -0.05) is 25.1 Å². The molecule has 0 fully saturated rings. The average Bonchev–Trinajstić information content (AvgIpc) is 2.99. The molecule has 0 saturated heterocycles. The van der Waals surface area contributed by atoms with Crippen LogP contribution in [-0.4, -0.2) is 43.9 Å². The summed E-state index contributed by atoms with van der Waals surface area (Å²) in [5.41, 5.74) is 1.56. The first kappa shape index (κ1) is 15.0. The highest BCUT2D eigenvalue weighted by Crippen LogP contribution is 2.24. The minimum Gasteiger partial charge on any atom is -0.480 e. The maximum Gasteiger partial charge on any atom is 0.323 e. The van der Waals surface area contributed by atoms with Crippen molar-refractivity contribution < 1.29 is 9.90 Å². The quantitative estimate of drug-likeness (QED) is 0.750. The molecule has 1 N–H and O–H groups in total. The van der Waals surface area contributed by atoms with E-state index in [0.717, 1.165) is 17.5 Å². The Labute approximate surface area is 133 Å². The van der Waals surface area contributed by atoms with Crippen molar-refractivity contribution in [2.24, 2.45) is 0 Å². The first-order chi connectivity index (χ1) is 11.2. The van der Waals surface area contributed by atoms with Crippen LogP contribution >= 0.6 is 0 Å². The number of anilines is 1. The van der Waals surface area contributed by atoms with Gasteiger partial charge in [-0.2, -0.15) is 5.10 Å². The molecular weight excluding hydrogens is 294 g/mol. The van der Waals surface area contributed by atoms with Crippen LogP contribution in [0.1, 0.15) is 13.3 Å². The fourth-order valence-electron chi connectivity index (χ4n) is 2.53. The number of carbonyl (C=O) groups is 1. The fraction of sp³-hybridized carbons (Fsp3) is 0.250. The van der Waals surface area contributed by atoms with Crippen LogP contribution in [0.15, 0.2) is 42.9 Å². The maximum absolute atomic E-state index is 11.1. The van der Waals surface area contributed by atoms with Gasteiger partial charge in [-0.3, -0.25) is 4.79 Å². The summed E-state index contributed by atoms with van der Waals surface area (Å²) in [5.74, 6) is -0.290. The lowest BCUT2D eigenvalue weighted by Gasteiger charge is -2.21. The molecule has 0 spiro atoms. The van der Waals surface area contributed by atoms with Gasteiger partial charge < -0.3 is 10.0 Å². The van der Waals surface area contributed by atoms with E-state index >= 15 is 0 Å². The van der Waals surface area contributed by atoms with E-state index in [2.05, 4.69) is 15.1 Å². The number of aromatic nitrogens is 4. The predicted octanol–water partition coefficient (Wildman–Crippen LogP) is 2.12. The standard InChI is InChI=1S/C16H17N5O2/c1-2-8-20(10-14(22)23)15-13-9-19-21(16(13)18-11-17-15)12-6-4-3-5-7-12/h3-7,9,11H,2,8,10H2,1H3,(H,22,23). The Bertz CT molecular complexity index is 816. The molecule has 2 heterocycles. The molecule has 7 heteroatoms. The predicted molar refractivity (Wildman–Crippen MR) is 86.8 cm³/mol. The highest BCUT2D eigenvalue weighted by molar-refractivity contribution is 5.89. The molecule has 0 aliphatic rings. The Balaban J connectivity index is 2.09. The number of carboxylic acid groups (broad SMARTS) is 1. The number of para-hydroxylation sites is 1. The Kier molecular flexibility index (Phi) is 4.18. The number of hydrogen-bond donors (Lipinski definition) is 1. The summed E-state index contributed by atoms with van der Waals surface area (Å²) in [7, 11) is 0. The largest absolute Gasteiger partial charge is 0.480 e. The molecular formula is C16H17N5O2. The lowest BCUT2D eigenvalue weighted by atomic mass is 10.3.